The highest BCUT2D eigenvalue weighted by molar-refractivity contribution is 7.99. The fraction of sp³-hybridized carbons (Fsp3) is 0.238. The average Bonchev–Trinajstić information content (AvgIpc) is 3.12. The number of nitrogens with zero attached hydrogens (tertiary/aromatic N) is 1. The van der Waals surface area contributed by atoms with Gasteiger partial charge in [-0.2, -0.15) is 0 Å². The second kappa shape index (κ2) is 9.01. The SMILES string of the molecule is CCSc1ccc(CC(=O)Nc2nc(-c3ccc(CC)cc3)cs2)cc1. The zero-order chi connectivity index (χ0) is 18.4. The van der Waals surface area contributed by atoms with E-state index in [-0.39, 0.29) is 5.91 Å². The summed E-state index contributed by atoms with van der Waals surface area (Å²) >= 11 is 3.26. The molecule has 0 radical (unpaired) electrons. The van der Waals surface area contributed by atoms with Gasteiger partial charge in [-0.05, 0) is 35.4 Å². The van der Waals surface area contributed by atoms with E-state index in [1.165, 1.54) is 21.8 Å². The largest absolute Gasteiger partial charge is 0.302 e. The van der Waals surface area contributed by atoms with Gasteiger partial charge in [0, 0.05) is 15.8 Å². The molecule has 3 aromatic rings. The molecule has 1 heterocycles. The molecule has 1 N–H and O–H groups in total. The average molecular weight is 383 g/mol. The first-order chi connectivity index (χ1) is 12.7. The van der Waals surface area contributed by atoms with Crippen LogP contribution >= 0.6 is 23.1 Å². The Balaban J connectivity index is 1.60. The van der Waals surface area contributed by atoms with Gasteiger partial charge in [-0.25, -0.2) is 4.98 Å². The maximum absolute atomic E-state index is 12.3. The number of anilines is 1. The zero-order valence-corrected chi connectivity index (χ0v) is 16.6. The van der Waals surface area contributed by atoms with Crippen LogP contribution < -0.4 is 5.32 Å². The van der Waals surface area contributed by atoms with Crippen LogP contribution in [0.2, 0.25) is 0 Å². The van der Waals surface area contributed by atoms with E-state index < -0.39 is 0 Å². The number of aryl methyl sites for hydroxylation is 1. The van der Waals surface area contributed by atoms with E-state index in [2.05, 4.69) is 60.5 Å². The van der Waals surface area contributed by atoms with Crippen molar-refractivity contribution in [1.82, 2.24) is 4.98 Å². The van der Waals surface area contributed by atoms with Crippen LogP contribution in [0.3, 0.4) is 0 Å². The highest BCUT2D eigenvalue weighted by Crippen LogP contribution is 2.25. The molecule has 3 nitrogen and oxygen atoms in total. The van der Waals surface area contributed by atoms with Gasteiger partial charge in [0.2, 0.25) is 5.91 Å². The molecule has 0 fully saturated rings. The Hall–Kier alpha value is -2.11. The van der Waals surface area contributed by atoms with Gasteiger partial charge in [-0.3, -0.25) is 4.79 Å². The fourth-order valence-electron chi connectivity index (χ4n) is 2.59. The third kappa shape index (κ3) is 4.96. The number of thiazole rings is 1. The molecule has 1 amide bonds. The monoisotopic (exact) mass is 382 g/mol. The minimum absolute atomic E-state index is 0.0388. The molecule has 2 aromatic carbocycles. The Morgan fingerprint density at radius 1 is 1.04 bits per heavy atom. The van der Waals surface area contributed by atoms with Crippen LogP contribution in [0.15, 0.2) is 58.8 Å². The summed E-state index contributed by atoms with van der Waals surface area (Å²) in [5, 5.41) is 5.53. The van der Waals surface area contributed by atoms with Gasteiger partial charge >= 0.3 is 0 Å². The van der Waals surface area contributed by atoms with Crippen LogP contribution in [-0.4, -0.2) is 16.6 Å². The van der Waals surface area contributed by atoms with Gasteiger partial charge in [0.1, 0.15) is 0 Å². The number of hydrogen-bond donors (Lipinski definition) is 1. The molecule has 5 heteroatoms. The molecule has 26 heavy (non-hydrogen) atoms. The highest BCUT2D eigenvalue weighted by atomic mass is 32.2. The van der Waals surface area contributed by atoms with Crippen molar-refractivity contribution in [2.24, 2.45) is 0 Å². The standard InChI is InChI=1S/C21H22N2OS2/c1-3-15-5-9-17(10-6-15)19-14-26-21(22-19)23-20(24)13-16-7-11-18(12-8-16)25-4-2/h5-12,14H,3-4,13H2,1-2H3,(H,22,23,24). The number of rotatable bonds is 7. The maximum atomic E-state index is 12.3. The first kappa shape index (κ1) is 18.7. The van der Waals surface area contributed by atoms with Crippen molar-refractivity contribution in [1.29, 1.82) is 0 Å². The molecule has 0 saturated heterocycles. The number of thioether (sulfide) groups is 1. The van der Waals surface area contributed by atoms with E-state index in [4.69, 9.17) is 0 Å². The number of benzene rings is 2. The van der Waals surface area contributed by atoms with E-state index in [9.17, 15) is 4.79 Å². The first-order valence-corrected chi connectivity index (χ1v) is 10.6. The minimum Gasteiger partial charge on any atom is -0.302 e. The molecule has 134 valence electrons. The third-order valence-electron chi connectivity index (χ3n) is 4.01. The number of amides is 1. The molecular formula is C21H22N2OS2. The van der Waals surface area contributed by atoms with Crippen molar-refractivity contribution >= 4 is 34.1 Å². The number of carbonyl (C=O) groups is 1. The van der Waals surface area contributed by atoms with E-state index in [0.29, 0.717) is 11.6 Å². The Labute approximate surface area is 162 Å². The second-order valence-corrected chi connectivity index (χ2v) is 8.09. The zero-order valence-electron chi connectivity index (χ0n) is 15.0. The van der Waals surface area contributed by atoms with Crippen LogP contribution in [0, 0.1) is 0 Å². The molecule has 0 atom stereocenters. The van der Waals surface area contributed by atoms with E-state index >= 15 is 0 Å². The lowest BCUT2D eigenvalue weighted by molar-refractivity contribution is -0.115. The molecule has 3 rings (SSSR count). The molecule has 0 spiro atoms. The van der Waals surface area contributed by atoms with E-state index in [1.807, 2.05) is 17.5 Å². The third-order valence-corrected chi connectivity index (χ3v) is 5.66. The van der Waals surface area contributed by atoms with Gasteiger partial charge in [0.15, 0.2) is 5.13 Å². The summed E-state index contributed by atoms with van der Waals surface area (Å²) in [5.74, 6) is 1.01. The number of nitrogens with one attached hydrogen (secondary N) is 1. The van der Waals surface area contributed by atoms with Crippen molar-refractivity contribution in [3.63, 3.8) is 0 Å². The van der Waals surface area contributed by atoms with Crippen LogP contribution in [0.1, 0.15) is 25.0 Å². The summed E-state index contributed by atoms with van der Waals surface area (Å²) in [6.07, 6.45) is 1.38. The maximum Gasteiger partial charge on any atom is 0.230 e. The quantitative estimate of drug-likeness (QED) is 0.536. The number of hydrogen-bond acceptors (Lipinski definition) is 4. The Kier molecular flexibility index (Phi) is 6.47. The van der Waals surface area contributed by atoms with Crippen molar-refractivity contribution in [2.75, 3.05) is 11.1 Å². The smallest absolute Gasteiger partial charge is 0.230 e. The van der Waals surface area contributed by atoms with Crippen molar-refractivity contribution < 1.29 is 4.79 Å². The molecule has 0 unspecified atom stereocenters. The van der Waals surface area contributed by atoms with Gasteiger partial charge in [0.25, 0.3) is 0 Å². The molecule has 0 aliphatic carbocycles. The fourth-order valence-corrected chi connectivity index (χ4v) is 3.99. The molecule has 0 aliphatic heterocycles. The van der Waals surface area contributed by atoms with Crippen molar-refractivity contribution in [3.05, 3.63) is 65.0 Å². The lowest BCUT2D eigenvalue weighted by atomic mass is 10.1. The molecule has 0 bridgehead atoms. The van der Waals surface area contributed by atoms with Crippen molar-refractivity contribution in [2.45, 2.75) is 31.6 Å². The summed E-state index contributed by atoms with van der Waals surface area (Å²) in [6, 6.07) is 16.6. The lowest BCUT2D eigenvalue weighted by Gasteiger charge is -2.04. The van der Waals surface area contributed by atoms with E-state index in [1.54, 1.807) is 11.8 Å². The van der Waals surface area contributed by atoms with Crippen LogP contribution in [0.5, 0.6) is 0 Å². The van der Waals surface area contributed by atoms with Gasteiger partial charge in [-0.1, -0.05) is 50.2 Å². The lowest BCUT2D eigenvalue weighted by Crippen LogP contribution is -2.14. The van der Waals surface area contributed by atoms with Gasteiger partial charge in [0.05, 0.1) is 12.1 Å². The summed E-state index contributed by atoms with van der Waals surface area (Å²) in [5.41, 5.74) is 4.28. The van der Waals surface area contributed by atoms with Crippen LogP contribution in [-0.2, 0) is 17.6 Å². The molecule has 0 saturated carbocycles. The summed E-state index contributed by atoms with van der Waals surface area (Å²) in [7, 11) is 0. The summed E-state index contributed by atoms with van der Waals surface area (Å²) < 4.78 is 0. The number of aromatic nitrogens is 1. The van der Waals surface area contributed by atoms with Crippen LogP contribution in [0.25, 0.3) is 11.3 Å². The van der Waals surface area contributed by atoms with Crippen molar-refractivity contribution in [3.8, 4) is 11.3 Å². The summed E-state index contributed by atoms with van der Waals surface area (Å²) in [4.78, 5) is 18.0. The van der Waals surface area contributed by atoms with Gasteiger partial charge in [-0.15, -0.1) is 23.1 Å². The van der Waals surface area contributed by atoms with E-state index in [0.717, 1.165) is 29.0 Å². The minimum atomic E-state index is -0.0388. The molecular weight excluding hydrogens is 360 g/mol. The molecule has 0 aliphatic rings. The normalized spacial score (nSPS) is 10.7. The topological polar surface area (TPSA) is 42.0 Å². The predicted octanol–water partition coefficient (Wildman–Crippen LogP) is 5.67. The Bertz CT molecular complexity index is 854. The Morgan fingerprint density at radius 3 is 2.38 bits per heavy atom. The molecule has 1 aromatic heterocycles. The second-order valence-electron chi connectivity index (χ2n) is 5.89. The highest BCUT2D eigenvalue weighted by Gasteiger charge is 2.09. The summed E-state index contributed by atoms with van der Waals surface area (Å²) in [6.45, 7) is 4.27. The van der Waals surface area contributed by atoms with Crippen LogP contribution in [0.4, 0.5) is 5.13 Å². The first-order valence-electron chi connectivity index (χ1n) is 8.74. The number of carbonyl (C=O) groups excluding carboxylic acids is 1. The predicted molar refractivity (Wildman–Crippen MR) is 112 cm³/mol. The van der Waals surface area contributed by atoms with Gasteiger partial charge < -0.3 is 5.32 Å². The Morgan fingerprint density at radius 2 is 1.73 bits per heavy atom.